The van der Waals surface area contributed by atoms with Crippen LogP contribution in [-0.2, 0) is 0 Å². The number of halogens is 1. The summed E-state index contributed by atoms with van der Waals surface area (Å²) in [5.74, 6) is 0.409. The van der Waals surface area contributed by atoms with Gasteiger partial charge in [0.2, 0.25) is 0 Å². The molecule has 5 heteroatoms. The van der Waals surface area contributed by atoms with Crippen LogP contribution in [0.2, 0.25) is 5.02 Å². The van der Waals surface area contributed by atoms with Crippen molar-refractivity contribution in [3.63, 3.8) is 0 Å². The summed E-state index contributed by atoms with van der Waals surface area (Å²) in [6, 6.07) is 3.79. The number of nitrogens with one attached hydrogen (secondary N) is 2. The van der Waals surface area contributed by atoms with Gasteiger partial charge in [0.1, 0.15) is 0 Å². The van der Waals surface area contributed by atoms with Crippen LogP contribution < -0.4 is 15.4 Å². The SMILES string of the molecule is COc1cc([C@@H]2CNCCN2)cc(Cl)c1O. The van der Waals surface area contributed by atoms with Crippen LogP contribution in [0.4, 0.5) is 0 Å². The zero-order valence-electron chi connectivity index (χ0n) is 9.09. The van der Waals surface area contributed by atoms with E-state index in [0.717, 1.165) is 25.2 Å². The van der Waals surface area contributed by atoms with E-state index >= 15 is 0 Å². The van der Waals surface area contributed by atoms with Crippen molar-refractivity contribution in [1.29, 1.82) is 0 Å². The lowest BCUT2D eigenvalue weighted by Crippen LogP contribution is -2.42. The van der Waals surface area contributed by atoms with Gasteiger partial charge in [0.25, 0.3) is 0 Å². The van der Waals surface area contributed by atoms with Gasteiger partial charge >= 0.3 is 0 Å². The summed E-state index contributed by atoms with van der Waals surface area (Å²) >= 11 is 5.94. The van der Waals surface area contributed by atoms with Gasteiger partial charge in [-0.05, 0) is 17.7 Å². The summed E-state index contributed by atoms with van der Waals surface area (Å²) in [5, 5.41) is 16.6. The number of rotatable bonds is 2. The first-order valence-corrected chi connectivity index (χ1v) is 5.60. The standard InChI is InChI=1S/C11H15ClN2O2/c1-16-10-5-7(4-8(12)11(10)15)9-6-13-2-3-14-9/h4-5,9,13-15H,2-3,6H2,1H3/t9-/m0/s1. The van der Waals surface area contributed by atoms with Gasteiger partial charge < -0.3 is 20.5 Å². The smallest absolute Gasteiger partial charge is 0.176 e. The maximum absolute atomic E-state index is 9.63. The highest BCUT2D eigenvalue weighted by Gasteiger charge is 2.17. The Bertz CT molecular complexity index is 378. The average molecular weight is 243 g/mol. The Kier molecular flexibility index (Phi) is 3.53. The minimum atomic E-state index is -0.00307. The zero-order chi connectivity index (χ0) is 11.5. The number of methoxy groups -OCH3 is 1. The molecule has 1 atom stereocenters. The van der Waals surface area contributed by atoms with E-state index in [-0.39, 0.29) is 11.8 Å². The third-order valence-electron chi connectivity index (χ3n) is 2.71. The number of phenols is 1. The predicted molar refractivity (Wildman–Crippen MR) is 63.3 cm³/mol. The maximum atomic E-state index is 9.63. The van der Waals surface area contributed by atoms with Crippen LogP contribution in [0.3, 0.4) is 0 Å². The minimum Gasteiger partial charge on any atom is -0.503 e. The zero-order valence-corrected chi connectivity index (χ0v) is 9.84. The van der Waals surface area contributed by atoms with E-state index in [4.69, 9.17) is 16.3 Å². The Labute approximate surface area is 99.6 Å². The topological polar surface area (TPSA) is 53.5 Å². The van der Waals surface area contributed by atoms with E-state index in [9.17, 15) is 5.11 Å². The Hall–Kier alpha value is -0.970. The Morgan fingerprint density at radius 3 is 2.88 bits per heavy atom. The summed E-state index contributed by atoms with van der Waals surface area (Å²) in [5.41, 5.74) is 1.02. The van der Waals surface area contributed by atoms with E-state index in [1.165, 1.54) is 7.11 Å². The molecule has 0 amide bonds. The van der Waals surface area contributed by atoms with Crippen molar-refractivity contribution in [3.05, 3.63) is 22.7 Å². The normalized spacial score (nSPS) is 20.8. The number of aromatic hydroxyl groups is 1. The largest absolute Gasteiger partial charge is 0.503 e. The predicted octanol–water partition coefficient (Wildman–Crippen LogP) is 1.29. The lowest BCUT2D eigenvalue weighted by molar-refractivity contribution is 0.370. The molecule has 16 heavy (non-hydrogen) atoms. The maximum Gasteiger partial charge on any atom is 0.176 e. The van der Waals surface area contributed by atoms with E-state index in [0.29, 0.717) is 10.8 Å². The third kappa shape index (κ3) is 2.24. The summed E-state index contributed by atoms with van der Waals surface area (Å²) in [4.78, 5) is 0. The molecule has 1 aliphatic heterocycles. The van der Waals surface area contributed by atoms with Crippen LogP contribution in [0, 0.1) is 0 Å². The number of phenolic OH excluding ortho intramolecular Hbond substituents is 1. The highest BCUT2D eigenvalue weighted by atomic mass is 35.5. The molecule has 0 aromatic heterocycles. The van der Waals surface area contributed by atoms with Gasteiger partial charge in [-0.2, -0.15) is 0 Å². The first-order valence-electron chi connectivity index (χ1n) is 5.23. The van der Waals surface area contributed by atoms with Crippen LogP contribution in [0.5, 0.6) is 11.5 Å². The van der Waals surface area contributed by atoms with Crippen LogP contribution in [0.25, 0.3) is 0 Å². The Morgan fingerprint density at radius 2 is 2.25 bits per heavy atom. The quantitative estimate of drug-likeness (QED) is 0.732. The van der Waals surface area contributed by atoms with Gasteiger partial charge in [-0.1, -0.05) is 11.6 Å². The first-order chi connectivity index (χ1) is 7.72. The molecule has 1 aliphatic rings. The van der Waals surface area contributed by atoms with Crippen molar-refractivity contribution < 1.29 is 9.84 Å². The highest BCUT2D eigenvalue weighted by Crippen LogP contribution is 2.36. The molecule has 0 aliphatic carbocycles. The Morgan fingerprint density at radius 1 is 1.44 bits per heavy atom. The second-order valence-corrected chi connectivity index (χ2v) is 4.17. The monoisotopic (exact) mass is 242 g/mol. The van der Waals surface area contributed by atoms with Crippen LogP contribution in [-0.4, -0.2) is 31.9 Å². The molecule has 0 radical (unpaired) electrons. The second-order valence-electron chi connectivity index (χ2n) is 3.76. The summed E-state index contributed by atoms with van der Waals surface area (Å²) in [6.45, 7) is 2.75. The van der Waals surface area contributed by atoms with E-state index < -0.39 is 0 Å². The van der Waals surface area contributed by atoms with Gasteiger partial charge in [0.15, 0.2) is 11.5 Å². The molecular weight excluding hydrogens is 228 g/mol. The molecule has 0 unspecified atom stereocenters. The second kappa shape index (κ2) is 4.91. The van der Waals surface area contributed by atoms with Crippen LogP contribution in [0.1, 0.15) is 11.6 Å². The Balaban J connectivity index is 2.29. The highest BCUT2D eigenvalue weighted by molar-refractivity contribution is 6.32. The van der Waals surface area contributed by atoms with Crippen molar-refractivity contribution in [1.82, 2.24) is 10.6 Å². The number of benzene rings is 1. The molecule has 1 fully saturated rings. The molecule has 0 spiro atoms. The van der Waals surface area contributed by atoms with Gasteiger partial charge in [-0.25, -0.2) is 0 Å². The van der Waals surface area contributed by atoms with E-state index in [1.54, 1.807) is 6.07 Å². The molecule has 0 bridgehead atoms. The van der Waals surface area contributed by atoms with Gasteiger partial charge in [-0.15, -0.1) is 0 Å². The van der Waals surface area contributed by atoms with E-state index in [2.05, 4.69) is 10.6 Å². The molecule has 1 aromatic rings. The average Bonchev–Trinajstić information content (AvgIpc) is 2.33. The molecule has 3 N–H and O–H groups in total. The summed E-state index contributed by atoms with van der Waals surface area (Å²) < 4.78 is 5.07. The third-order valence-corrected chi connectivity index (χ3v) is 3.00. The van der Waals surface area contributed by atoms with Gasteiger partial charge in [0, 0.05) is 25.7 Å². The fourth-order valence-electron chi connectivity index (χ4n) is 1.84. The molecule has 4 nitrogen and oxygen atoms in total. The number of ether oxygens (including phenoxy) is 1. The molecule has 1 heterocycles. The number of hydrogen-bond acceptors (Lipinski definition) is 4. The minimum absolute atomic E-state index is 0.00307. The molecular formula is C11H15ClN2O2. The first kappa shape index (κ1) is 11.5. The van der Waals surface area contributed by atoms with Crippen molar-refractivity contribution in [2.45, 2.75) is 6.04 Å². The van der Waals surface area contributed by atoms with Crippen molar-refractivity contribution in [2.24, 2.45) is 0 Å². The van der Waals surface area contributed by atoms with E-state index in [1.807, 2.05) is 6.07 Å². The van der Waals surface area contributed by atoms with Crippen molar-refractivity contribution in [2.75, 3.05) is 26.7 Å². The van der Waals surface area contributed by atoms with Crippen LogP contribution in [0.15, 0.2) is 12.1 Å². The van der Waals surface area contributed by atoms with Gasteiger partial charge in [0.05, 0.1) is 12.1 Å². The molecule has 1 aromatic carbocycles. The lowest BCUT2D eigenvalue weighted by Gasteiger charge is -2.25. The summed E-state index contributed by atoms with van der Waals surface area (Å²) in [6.07, 6.45) is 0. The lowest BCUT2D eigenvalue weighted by atomic mass is 10.0. The van der Waals surface area contributed by atoms with Crippen molar-refractivity contribution >= 4 is 11.6 Å². The molecule has 88 valence electrons. The van der Waals surface area contributed by atoms with Crippen LogP contribution >= 0.6 is 11.6 Å². The fraction of sp³-hybridized carbons (Fsp3) is 0.455. The number of hydrogen-bond donors (Lipinski definition) is 3. The molecule has 0 saturated carbocycles. The number of piperazine rings is 1. The molecule has 2 rings (SSSR count). The summed E-state index contributed by atoms with van der Waals surface area (Å²) in [7, 11) is 1.52. The fourth-order valence-corrected chi connectivity index (χ4v) is 2.06. The van der Waals surface area contributed by atoms with Gasteiger partial charge in [-0.3, -0.25) is 0 Å². The van der Waals surface area contributed by atoms with Crippen molar-refractivity contribution in [3.8, 4) is 11.5 Å². The molecule has 1 saturated heterocycles.